The second-order valence-electron chi connectivity index (χ2n) is 11.4. The molecule has 3 saturated carbocycles. The summed E-state index contributed by atoms with van der Waals surface area (Å²) in [6, 6.07) is 0. The van der Waals surface area contributed by atoms with E-state index in [-0.39, 0.29) is 5.92 Å². The molecule has 0 heterocycles. The van der Waals surface area contributed by atoms with Crippen LogP contribution in [0, 0.1) is 29.1 Å². The lowest BCUT2D eigenvalue weighted by atomic mass is 9.61. The normalized spacial score (nSPS) is 37.9. The van der Waals surface area contributed by atoms with Gasteiger partial charge in [-0.3, -0.25) is 0 Å². The zero-order valence-corrected chi connectivity index (χ0v) is 20.3. The van der Waals surface area contributed by atoms with Crippen LogP contribution < -0.4 is 0 Å². The number of allylic oxidation sites excluding steroid dienone is 4. The smallest absolute Gasteiger partial charge is 0.0809 e. The minimum absolute atomic E-state index is 0.144. The van der Waals surface area contributed by atoms with E-state index in [2.05, 4.69) is 51.7 Å². The quantitative estimate of drug-likeness (QED) is 0.490. The van der Waals surface area contributed by atoms with Crippen molar-refractivity contribution in [2.75, 3.05) is 0 Å². The van der Waals surface area contributed by atoms with Gasteiger partial charge in [-0.1, -0.05) is 62.8 Å². The maximum Gasteiger partial charge on any atom is 0.0809 e. The molecule has 3 rings (SSSR count). The molecule has 0 spiro atoms. The van der Waals surface area contributed by atoms with Crippen molar-refractivity contribution >= 4 is 0 Å². The van der Waals surface area contributed by atoms with Crippen LogP contribution in [0.4, 0.5) is 0 Å². The van der Waals surface area contributed by atoms with Gasteiger partial charge in [-0.05, 0) is 87.5 Å². The number of hydrogen-bond acceptors (Lipinski definition) is 3. The molecule has 3 N–H and O–H groups in total. The van der Waals surface area contributed by atoms with Crippen molar-refractivity contribution in [2.24, 2.45) is 29.1 Å². The number of hydrogen-bond donors (Lipinski definition) is 3. The summed E-state index contributed by atoms with van der Waals surface area (Å²) in [5, 5.41) is 30.5. The first kappa shape index (κ1) is 24.5. The monoisotopic (exact) mass is 428 g/mol. The van der Waals surface area contributed by atoms with E-state index < -0.39 is 17.8 Å². The lowest BCUT2D eigenvalue weighted by Crippen LogP contribution is -2.35. The van der Waals surface area contributed by atoms with Crippen LogP contribution in [0.25, 0.3) is 0 Å². The average molecular weight is 429 g/mol. The van der Waals surface area contributed by atoms with Gasteiger partial charge in [-0.25, -0.2) is 0 Å². The van der Waals surface area contributed by atoms with Crippen molar-refractivity contribution < 1.29 is 15.3 Å². The first-order chi connectivity index (χ1) is 14.4. The minimum Gasteiger partial charge on any atom is -0.390 e. The molecule has 0 aromatic carbocycles. The topological polar surface area (TPSA) is 60.7 Å². The summed E-state index contributed by atoms with van der Waals surface area (Å²) >= 11 is 0. The molecule has 3 nitrogen and oxygen atoms in total. The lowest BCUT2D eigenvalue weighted by Gasteiger charge is -2.44. The molecule has 2 unspecified atom stereocenters. The van der Waals surface area contributed by atoms with E-state index in [1.807, 2.05) is 13.8 Å². The third kappa shape index (κ3) is 5.26. The average Bonchev–Trinajstić information content (AvgIpc) is 3.05. The largest absolute Gasteiger partial charge is 0.390 e. The van der Waals surface area contributed by atoms with Gasteiger partial charge in [0.15, 0.2) is 0 Å². The van der Waals surface area contributed by atoms with E-state index in [1.54, 1.807) is 5.57 Å². The molecular formula is C28H44O3. The molecule has 3 heteroatoms. The van der Waals surface area contributed by atoms with Gasteiger partial charge in [0.25, 0.3) is 0 Å². The Hall–Kier alpha value is -1.16. The Bertz CT molecular complexity index is 737. The van der Waals surface area contributed by atoms with Crippen LogP contribution in [0.3, 0.4) is 0 Å². The third-order valence-electron chi connectivity index (χ3n) is 8.79. The number of aliphatic hydroxyl groups is 3. The Morgan fingerprint density at radius 3 is 2.32 bits per heavy atom. The van der Waals surface area contributed by atoms with E-state index in [1.165, 1.54) is 25.7 Å². The molecule has 0 aliphatic heterocycles. The Morgan fingerprint density at radius 2 is 1.71 bits per heavy atom. The van der Waals surface area contributed by atoms with Crippen LogP contribution >= 0.6 is 0 Å². The summed E-state index contributed by atoms with van der Waals surface area (Å²) in [6.07, 6.45) is 15.1. The Balaban J connectivity index is 1.73. The van der Waals surface area contributed by atoms with Crippen molar-refractivity contribution in [1.29, 1.82) is 0 Å². The Kier molecular flexibility index (Phi) is 7.40. The van der Waals surface area contributed by atoms with Crippen LogP contribution in [0.1, 0.15) is 79.6 Å². The van der Waals surface area contributed by atoms with Crippen LogP contribution in [0.2, 0.25) is 0 Å². The standard InChI is InChI=1S/C28H44O3/c1-18(9-10-19(2)27(4,5)31)23-13-14-24-22(8-7-15-28(23,24)6)12-11-21-16-25(29)20(3)26(30)17-21/h9-12,18-19,23-26,29-31H,3,7-8,13-17H2,1-2,4-6H3/t18-,19-,23?,24?,25-,26-,28-/m1/s1. The molecule has 0 saturated heterocycles. The second kappa shape index (κ2) is 9.37. The lowest BCUT2D eigenvalue weighted by molar-refractivity contribution is 0.0436. The zero-order chi connectivity index (χ0) is 23.0. The van der Waals surface area contributed by atoms with E-state index in [9.17, 15) is 15.3 Å². The molecule has 174 valence electrons. The molecule has 3 fully saturated rings. The van der Waals surface area contributed by atoms with Crippen molar-refractivity contribution in [3.8, 4) is 0 Å². The number of aliphatic hydroxyl groups excluding tert-OH is 2. The second-order valence-corrected chi connectivity index (χ2v) is 11.4. The first-order valence-corrected chi connectivity index (χ1v) is 12.3. The summed E-state index contributed by atoms with van der Waals surface area (Å²) in [5.41, 5.74) is 2.87. The van der Waals surface area contributed by atoms with E-state index in [4.69, 9.17) is 0 Å². The van der Waals surface area contributed by atoms with Gasteiger partial charge in [-0.2, -0.15) is 0 Å². The molecule has 0 amide bonds. The zero-order valence-electron chi connectivity index (χ0n) is 20.3. The van der Waals surface area contributed by atoms with Crippen LogP contribution in [-0.4, -0.2) is 33.1 Å². The van der Waals surface area contributed by atoms with Crippen LogP contribution in [0.15, 0.2) is 47.6 Å². The van der Waals surface area contributed by atoms with Crippen molar-refractivity contribution in [3.05, 3.63) is 47.6 Å². The highest BCUT2D eigenvalue weighted by Crippen LogP contribution is 2.59. The first-order valence-electron chi connectivity index (χ1n) is 12.3. The van der Waals surface area contributed by atoms with Crippen LogP contribution in [-0.2, 0) is 0 Å². The van der Waals surface area contributed by atoms with E-state index in [0.29, 0.717) is 41.6 Å². The van der Waals surface area contributed by atoms with Gasteiger partial charge in [0.05, 0.1) is 17.8 Å². The van der Waals surface area contributed by atoms with Crippen molar-refractivity contribution in [1.82, 2.24) is 0 Å². The third-order valence-corrected chi connectivity index (χ3v) is 8.79. The molecule has 3 aliphatic carbocycles. The van der Waals surface area contributed by atoms with Gasteiger partial charge in [0, 0.05) is 5.92 Å². The van der Waals surface area contributed by atoms with E-state index >= 15 is 0 Å². The highest BCUT2D eigenvalue weighted by atomic mass is 16.3. The summed E-state index contributed by atoms with van der Waals surface area (Å²) < 4.78 is 0. The fourth-order valence-corrected chi connectivity index (χ4v) is 6.28. The maximum absolute atomic E-state index is 10.3. The Labute approximate surface area is 189 Å². The predicted molar refractivity (Wildman–Crippen MR) is 128 cm³/mol. The van der Waals surface area contributed by atoms with Crippen molar-refractivity contribution in [3.63, 3.8) is 0 Å². The molecule has 3 aliphatic rings. The number of fused-ring (bicyclic) bond motifs is 1. The highest BCUT2D eigenvalue weighted by molar-refractivity contribution is 5.29. The molecule has 0 aromatic heterocycles. The predicted octanol–water partition coefficient (Wildman–Crippen LogP) is 5.73. The fraction of sp³-hybridized carbons (Fsp3) is 0.714. The van der Waals surface area contributed by atoms with Crippen LogP contribution in [0.5, 0.6) is 0 Å². The molecular weight excluding hydrogens is 384 g/mol. The van der Waals surface area contributed by atoms with Gasteiger partial charge in [0.2, 0.25) is 0 Å². The van der Waals surface area contributed by atoms with Gasteiger partial charge < -0.3 is 15.3 Å². The summed E-state index contributed by atoms with van der Waals surface area (Å²) in [5.74, 6) is 1.94. The molecule has 0 aromatic rings. The maximum atomic E-state index is 10.3. The van der Waals surface area contributed by atoms with Gasteiger partial charge >= 0.3 is 0 Å². The van der Waals surface area contributed by atoms with Gasteiger partial charge in [-0.15, -0.1) is 0 Å². The summed E-state index contributed by atoms with van der Waals surface area (Å²) in [6.45, 7) is 14.5. The fourth-order valence-electron chi connectivity index (χ4n) is 6.28. The van der Waals surface area contributed by atoms with Crippen molar-refractivity contribution in [2.45, 2.75) is 97.4 Å². The molecule has 31 heavy (non-hydrogen) atoms. The Morgan fingerprint density at radius 1 is 1.06 bits per heavy atom. The summed E-state index contributed by atoms with van der Waals surface area (Å²) in [7, 11) is 0. The summed E-state index contributed by atoms with van der Waals surface area (Å²) in [4.78, 5) is 0. The minimum atomic E-state index is -0.681. The SMILES string of the molecule is C=C1[C@H](O)CC(=CC=C2CCC[C@@]3(C)C2CCC3[C@H](C)C=C[C@@H](C)C(C)(C)O)C[C@H]1O. The highest BCUT2D eigenvalue weighted by Gasteiger charge is 2.50. The van der Waals surface area contributed by atoms with E-state index in [0.717, 1.165) is 12.0 Å². The van der Waals surface area contributed by atoms with Gasteiger partial charge in [0.1, 0.15) is 0 Å². The molecule has 0 bridgehead atoms. The number of rotatable bonds is 5. The molecule has 0 radical (unpaired) electrons. The molecule has 7 atom stereocenters.